The minimum Gasteiger partial charge on any atom is -0.358 e. The van der Waals surface area contributed by atoms with Crippen LogP contribution >= 0.6 is 0 Å². The van der Waals surface area contributed by atoms with Gasteiger partial charge in [-0.1, -0.05) is 12.1 Å². The number of fused-ring (bicyclic) bond motifs is 1. The Morgan fingerprint density at radius 1 is 1.14 bits per heavy atom. The number of H-pyrrole nitrogens is 1. The lowest BCUT2D eigenvalue weighted by atomic mass is 10.1. The van der Waals surface area contributed by atoms with Gasteiger partial charge in [0.25, 0.3) is 5.91 Å². The van der Waals surface area contributed by atoms with Crippen molar-refractivity contribution >= 4 is 16.8 Å². The number of carbonyl (C=O) groups is 1. The van der Waals surface area contributed by atoms with Crippen molar-refractivity contribution in [2.45, 2.75) is 20.4 Å². The SMILES string of the molecule is Cc1[nH]c2ccc(C(=O)NCc3ccc(F)cc3)cc2c1C. The van der Waals surface area contributed by atoms with Crippen LogP contribution in [0.5, 0.6) is 0 Å². The summed E-state index contributed by atoms with van der Waals surface area (Å²) in [6.07, 6.45) is 0. The first-order chi connectivity index (χ1) is 10.5. The minimum absolute atomic E-state index is 0.135. The molecule has 0 saturated carbocycles. The fourth-order valence-electron chi connectivity index (χ4n) is 2.49. The standard InChI is InChI=1S/C18H17FN2O/c1-11-12(2)21-17-8-5-14(9-16(11)17)18(22)20-10-13-3-6-15(19)7-4-13/h3-9,21H,10H2,1-2H3,(H,20,22). The van der Waals surface area contributed by atoms with Crippen LogP contribution in [0.3, 0.4) is 0 Å². The molecule has 22 heavy (non-hydrogen) atoms. The molecule has 3 nitrogen and oxygen atoms in total. The van der Waals surface area contributed by atoms with E-state index in [-0.39, 0.29) is 11.7 Å². The number of hydrogen-bond acceptors (Lipinski definition) is 1. The van der Waals surface area contributed by atoms with Crippen LogP contribution in [0.4, 0.5) is 4.39 Å². The number of aryl methyl sites for hydroxylation is 2. The van der Waals surface area contributed by atoms with Gasteiger partial charge in [-0.05, 0) is 55.3 Å². The number of nitrogens with one attached hydrogen (secondary N) is 2. The van der Waals surface area contributed by atoms with E-state index in [4.69, 9.17) is 0 Å². The van der Waals surface area contributed by atoms with Gasteiger partial charge in [0.15, 0.2) is 0 Å². The predicted octanol–water partition coefficient (Wildman–Crippen LogP) is 3.85. The molecule has 2 N–H and O–H groups in total. The van der Waals surface area contributed by atoms with Gasteiger partial charge in [0, 0.05) is 28.7 Å². The van der Waals surface area contributed by atoms with Gasteiger partial charge in [-0.25, -0.2) is 4.39 Å². The fourth-order valence-corrected chi connectivity index (χ4v) is 2.49. The Kier molecular flexibility index (Phi) is 3.67. The fraction of sp³-hybridized carbons (Fsp3) is 0.167. The van der Waals surface area contributed by atoms with Crippen LogP contribution in [0.15, 0.2) is 42.5 Å². The first-order valence-electron chi connectivity index (χ1n) is 7.16. The lowest BCUT2D eigenvalue weighted by Gasteiger charge is -2.06. The van der Waals surface area contributed by atoms with Crippen molar-refractivity contribution in [2.24, 2.45) is 0 Å². The molecule has 0 unspecified atom stereocenters. The average molecular weight is 296 g/mol. The topological polar surface area (TPSA) is 44.9 Å². The second-order valence-corrected chi connectivity index (χ2v) is 5.44. The molecule has 0 radical (unpaired) electrons. The molecule has 3 rings (SSSR count). The molecule has 3 aromatic rings. The molecular weight excluding hydrogens is 279 g/mol. The van der Waals surface area contributed by atoms with Gasteiger partial charge in [-0.3, -0.25) is 4.79 Å². The highest BCUT2D eigenvalue weighted by molar-refractivity contribution is 5.99. The van der Waals surface area contributed by atoms with Crippen molar-refractivity contribution in [1.29, 1.82) is 0 Å². The summed E-state index contributed by atoms with van der Waals surface area (Å²) in [6, 6.07) is 11.7. The van der Waals surface area contributed by atoms with Crippen LogP contribution in [0.1, 0.15) is 27.2 Å². The number of aromatic amines is 1. The molecule has 1 aromatic heterocycles. The monoisotopic (exact) mass is 296 g/mol. The number of rotatable bonds is 3. The number of aromatic nitrogens is 1. The molecule has 0 saturated heterocycles. The largest absolute Gasteiger partial charge is 0.358 e. The third-order valence-electron chi connectivity index (χ3n) is 3.94. The molecule has 0 aliphatic carbocycles. The molecule has 2 aromatic carbocycles. The smallest absolute Gasteiger partial charge is 0.251 e. The van der Waals surface area contributed by atoms with E-state index in [1.807, 2.05) is 26.0 Å². The average Bonchev–Trinajstić information content (AvgIpc) is 2.81. The summed E-state index contributed by atoms with van der Waals surface area (Å²) >= 11 is 0. The van der Waals surface area contributed by atoms with Gasteiger partial charge in [-0.2, -0.15) is 0 Å². The molecule has 1 heterocycles. The molecule has 0 aliphatic heterocycles. The van der Waals surface area contributed by atoms with E-state index in [0.29, 0.717) is 12.1 Å². The first kappa shape index (κ1) is 14.3. The highest BCUT2D eigenvalue weighted by Gasteiger charge is 2.09. The van der Waals surface area contributed by atoms with Crippen molar-refractivity contribution in [2.75, 3.05) is 0 Å². The van der Waals surface area contributed by atoms with Crippen LogP contribution in [-0.2, 0) is 6.54 Å². The predicted molar refractivity (Wildman–Crippen MR) is 85.3 cm³/mol. The number of hydrogen-bond donors (Lipinski definition) is 2. The van der Waals surface area contributed by atoms with E-state index in [1.165, 1.54) is 12.1 Å². The maximum Gasteiger partial charge on any atom is 0.251 e. The Balaban J connectivity index is 1.77. The Morgan fingerprint density at radius 2 is 1.86 bits per heavy atom. The molecule has 0 spiro atoms. The maximum atomic E-state index is 12.8. The van der Waals surface area contributed by atoms with Gasteiger partial charge < -0.3 is 10.3 Å². The van der Waals surface area contributed by atoms with Gasteiger partial charge in [-0.15, -0.1) is 0 Å². The molecule has 1 amide bonds. The van der Waals surface area contributed by atoms with E-state index in [1.54, 1.807) is 18.2 Å². The van der Waals surface area contributed by atoms with E-state index >= 15 is 0 Å². The second-order valence-electron chi connectivity index (χ2n) is 5.44. The third kappa shape index (κ3) is 2.72. The Hall–Kier alpha value is -2.62. The number of halogens is 1. The lowest BCUT2D eigenvalue weighted by Crippen LogP contribution is -2.22. The second kappa shape index (κ2) is 5.64. The Morgan fingerprint density at radius 3 is 2.59 bits per heavy atom. The minimum atomic E-state index is -0.279. The highest BCUT2D eigenvalue weighted by atomic mass is 19.1. The van der Waals surface area contributed by atoms with E-state index in [2.05, 4.69) is 10.3 Å². The Bertz CT molecular complexity index is 834. The summed E-state index contributed by atoms with van der Waals surface area (Å²) in [5, 5.41) is 3.92. The van der Waals surface area contributed by atoms with Crippen LogP contribution in [-0.4, -0.2) is 10.9 Å². The molecular formula is C18H17FN2O. The van der Waals surface area contributed by atoms with Crippen molar-refractivity contribution in [3.05, 3.63) is 70.7 Å². The van der Waals surface area contributed by atoms with Gasteiger partial charge in [0.2, 0.25) is 0 Å². The van der Waals surface area contributed by atoms with Crippen molar-refractivity contribution in [1.82, 2.24) is 10.3 Å². The van der Waals surface area contributed by atoms with Crippen LogP contribution in [0.2, 0.25) is 0 Å². The number of carbonyl (C=O) groups excluding carboxylic acids is 1. The Labute approximate surface area is 128 Å². The van der Waals surface area contributed by atoms with E-state index in [9.17, 15) is 9.18 Å². The molecule has 0 atom stereocenters. The summed E-state index contributed by atoms with van der Waals surface area (Å²) in [7, 11) is 0. The highest BCUT2D eigenvalue weighted by Crippen LogP contribution is 2.22. The van der Waals surface area contributed by atoms with Gasteiger partial charge in [0.05, 0.1) is 0 Å². The van der Waals surface area contributed by atoms with Gasteiger partial charge in [0.1, 0.15) is 5.82 Å². The molecule has 0 aliphatic rings. The van der Waals surface area contributed by atoms with E-state index in [0.717, 1.165) is 27.7 Å². The summed E-state index contributed by atoms with van der Waals surface area (Å²) in [5.74, 6) is -0.414. The lowest BCUT2D eigenvalue weighted by molar-refractivity contribution is 0.0951. The van der Waals surface area contributed by atoms with Crippen LogP contribution in [0, 0.1) is 19.7 Å². The van der Waals surface area contributed by atoms with Crippen LogP contribution in [0.25, 0.3) is 10.9 Å². The zero-order chi connectivity index (χ0) is 15.7. The summed E-state index contributed by atoms with van der Waals surface area (Å²) in [5.41, 5.74) is 4.79. The molecule has 0 fully saturated rings. The van der Waals surface area contributed by atoms with Gasteiger partial charge >= 0.3 is 0 Å². The molecule has 0 bridgehead atoms. The third-order valence-corrected chi connectivity index (χ3v) is 3.94. The molecule has 4 heteroatoms. The zero-order valence-electron chi connectivity index (χ0n) is 12.5. The first-order valence-corrected chi connectivity index (χ1v) is 7.16. The van der Waals surface area contributed by atoms with E-state index < -0.39 is 0 Å². The quantitative estimate of drug-likeness (QED) is 0.757. The summed E-state index contributed by atoms with van der Waals surface area (Å²) in [6.45, 7) is 4.43. The van der Waals surface area contributed by atoms with Crippen molar-refractivity contribution < 1.29 is 9.18 Å². The number of benzene rings is 2. The zero-order valence-corrected chi connectivity index (χ0v) is 12.5. The van der Waals surface area contributed by atoms with Crippen LogP contribution < -0.4 is 5.32 Å². The van der Waals surface area contributed by atoms with Crippen molar-refractivity contribution in [3.8, 4) is 0 Å². The summed E-state index contributed by atoms with van der Waals surface area (Å²) in [4.78, 5) is 15.5. The number of amides is 1. The molecule has 112 valence electrons. The van der Waals surface area contributed by atoms with Crippen molar-refractivity contribution in [3.63, 3.8) is 0 Å². The maximum absolute atomic E-state index is 12.8. The normalized spacial score (nSPS) is 10.9. The summed E-state index contributed by atoms with van der Waals surface area (Å²) < 4.78 is 12.8.